The molecule has 13 heavy (non-hydrogen) atoms. The minimum atomic E-state index is -5.28. The van der Waals surface area contributed by atoms with Gasteiger partial charge in [0, 0.05) is 5.82 Å². The van der Waals surface area contributed by atoms with Gasteiger partial charge < -0.3 is 14.9 Å². The van der Waals surface area contributed by atoms with Gasteiger partial charge >= 0.3 is 19.7 Å². The molecule has 0 saturated heterocycles. The Hall–Kier alpha value is -0.850. The maximum absolute atomic E-state index is 11.7. The molecule has 3 N–H and O–H groups in total. The van der Waals surface area contributed by atoms with Crippen LogP contribution in [0.2, 0.25) is 0 Å². The third-order valence-corrected chi connectivity index (χ3v) is 1.43. The highest BCUT2D eigenvalue weighted by molar-refractivity contribution is 7.55. The summed E-state index contributed by atoms with van der Waals surface area (Å²) in [7, 11) is -5.14. The summed E-state index contributed by atoms with van der Waals surface area (Å²) in [6, 6.07) is 0. The number of alkyl halides is 3. The summed E-state index contributed by atoms with van der Waals surface area (Å²) >= 11 is 0. The van der Waals surface area contributed by atoms with E-state index in [2.05, 4.69) is 0 Å². The predicted molar refractivity (Wildman–Crippen MR) is 33.8 cm³/mol. The number of aliphatic carboxylic acids is 1. The molecule has 9 heteroatoms. The molecule has 0 aromatic carbocycles. The number of carboxylic acids is 1. The van der Waals surface area contributed by atoms with Crippen LogP contribution in [0, 0.1) is 0 Å². The topological polar surface area (TPSA) is 94.8 Å². The molecular formula is C4H4F3O5P. The van der Waals surface area contributed by atoms with Crippen LogP contribution in [-0.2, 0) is 9.36 Å². The van der Waals surface area contributed by atoms with Crippen LogP contribution < -0.4 is 0 Å². The summed E-state index contributed by atoms with van der Waals surface area (Å²) in [4.78, 5) is 26.0. The van der Waals surface area contributed by atoms with E-state index in [9.17, 15) is 22.5 Å². The molecule has 0 heterocycles. The predicted octanol–water partition coefficient (Wildman–Crippen LogP) is 0.695. The molecule has 0 aliphatic heterocycles. The van der Waals surface area contributed by atoms with E-state index in [0.29, 0.717) is 0 Å². The first-order valence-corrected chi connectivity index (χ1v) is 4.31. The SMILES string of the molecule is O=C(O)/C(=C/P(=O)(O)O)C(F)(F)F. The molecule has 5 nitrogen and oxygen atoms in total. The molecule has 0 rings (SSSR count). The Morgan fingerprint density at radius 2 is 1.69 bits per heavy atom. The van der Waals surface area contributed by atoms with Crippen molar-refractivity contribution in [3.8, 4) is 0 Å². The minimum absolute atomic E-state index is 0.630. The Kier molecular flexibility index (Phi) is 3.26. The molecule has 0 aromatic heterocycles. The van der Waals surface area contributed by atoms with Crippen LogP contribution in [0.25, 0.3) is 0 Å². The van der Waals surface area contributed by atoms with Crippen LogP contribution in [0.5, 0.6) is 0 Å². The zero-order valence-corrected chi connectivity index (χ0v) is 6.71. The number of halogens is 3. The van der Waals surface area contributed by atoms with Crippen molar-refractivity contribution in [3.63, 3.8) is 0 Å². The van der Waals surface area contributed by atoms with E-state index >= 15 is 0 Å². The molecule has 0 aliphatic carbocycles. The van der Waals surface area contributed by atoms with Crippen molar-refractivity contribution in [2.45, 2.75) is 6.18 Å². The Labute approximate surface area is 69.6 Å². The van der Waals surface area contributed by atoms with E-state index in [1.54, 1.807) is 0 Å². The van der Waals surface area contributed by atoms with Crippen molar-refractivity contribution in [1.82, 2.24) is 0 Å². The fourth-order valence-electron chi connectivity index (χ4n) is 0.418. The second-order valence-electron chi connectivity index (χ2n) is 1.93. The van der Waals surface area contributed by atoms with Crippen LogP contribution in [0.15, 0.2) is 11.4 Å². The van der Waals surface area contributed by atoms with Gasteiger partial charge in [0.1, 0.15) is 5.57 Å². The van der Waals surface area contributed by atoms with Crippen LogP contribution >= 0.6 is 7.60 Å². The molecular weight excluding hydrogens is 216 g/mol. The molecule has 0 amide bonds. The number of carbonyl (C=O) groups is 1. The van der Waals surface area contributed by atoms with Gasteiger partial charge in [-0.05, 0) is 0 Å². The highest BCUT2D eigenvalue weighted by Crippen LogP contribution is 2.41. The van der Waals surface area contributed by atoms with Crippen molar-refractivity contribution in [2.75, 3.05) is 0 Å². The van der Waals surface area contributed by atoms with Crippen LogP contribution in [0.4, 0.5) is 13.2 Å². The smallest absolute Gasteiger partial charge is 0.423 e. The van der Waals surface area contributed by atoms with Gasteiger partial charge in [0.15, 0.2) is 0 Å². The number of hydrogen-bond acceptors (Lipinski definition) is 2. The molecule has 0 fully saturated rings. The zero-order valence-electron chi connectivity index (χ0n) is 5.82. The summed E-state index contributed by atoms with van der Waals surface area (Å²) in [5.41, 5.74) is -2.28. The van der Waals surface area contributed by atoms with E-state index in [-0.39, 0.29) is 0 Å². The monoisotopic (exact) mass is 220 g/mol. The Morgan fingerprint density at radius 3 is 1.77 bits per heavy atom. The summed E-state index contributed by atoms with van der Waals surface area (Å²) in [5.74, 6) is -3.06. The van der Waals surface area contributed by atoms with E-state index in [4.69, 9.17) is 14.9 Å². The first kappa shape index (κ1) is 12.2. The van der Waals surface area contributed by atoms with Gasteiger partial charge in [-0.1, -0.05) is 0 Å². The van der Waals surface area contributed by atoms with Crippen molar-refractivity contribution >= 4 is 13.6 Å². The van der Waals surface area contributed by atoms with Gasteiger partial charge in [0.25, 0.3) is 0 Å². The second kappa shape index (κ2) is 3.49. The van der Waals surface area contributed by atoms with Crippen LogP contribution in [0.1, 0.15) is 0 Å². The van der Waals surface area contributed by atoms with Crippen LogP contribution in [-0.4, -0.2) is 27.0 Å². The lowest BCUT2D eigenvalue weighted by Gasteiger charge is -2.06. The maximum atomic E-state index is 11.7. The van der Waals surface area contributed by atoms with Gasteiger partial charge in [-0.3, -0.25) is 4.57 Å². The first-order valence-electron chi connectivity index (χ1n) is 2.62. The normalized spacial score (nSPS) is 14.4. The summed E-state index contributed by atoms with van der Waals surface area (Å²) in [6.07, 6.45) is -5.28. The van der Waals surface area contributed by atoms with E-state index in [0.717, 1.165) is 0 Å². The molecule has 0 aliphatic rings. The lowest BCUT2D eigenvalue weighted by Crippen LogP contribution is -2.19. The van der Waals surface area contributed by atoms with Crippen molar-refractivity contribution in [1.29, 1.82) is 0 Å². The molecule has 0 atom stereocenters. The molecule has 0 bridgehead atoms. The van der Waals surface area contributed by atoms with Crippen molar-refractivity contribution in [2.24, 2.45) is 0 Å². The summed E-state index contributed by atoms with van der Waals surface area (Å²) in [5, 5.41) is 7.94. The highest BCUT2D eigenvalue weighted by atomic mass is 31.2. The fourth-order valence-corrected chi connectivity index (χ4v) is 1.01. The molecule has 76 valence electrons. The van der Waals surface area contributed by atoms with E-state index in [1.807, 2.05) is 0 Å². The van der Waals surface area contributed by atoms with Gasteiger partial charge in [0.05, 0.1) is 0 Å². The Balaban J connectivity index is 5.19. The molecule has 0 saturated carbocycles. The fraction of sp³-hybridized carbons (Fsp3) is 0.250. The highest BCUT2D eigenvalue weighted by Gasteiger charge is 2.40. The minimum Gasteiger partial charge on any atom is -0.478 e. The van der Waals surface area contributed by atoms with Gasteiger partial charge in [-0.2, -0.15) is 13.2 Å². The number of rotatable bonds is 2. The second-order valence-corrected chi connectivity index (χ2v) is 3.37. The zero-order chi connectivity index (χ0) is 10.9. The standard InChI is InChI=1S/C4H4F3O5P/c5-4(6,7)2(3(8)9)1-13(10,11)12/h1H,(H,8,9)(H2,10,11,12)/b2-1-. The van der Waals surface area contributed by atoms with E-state index in [1.165, 1.54) is 0 Å². The van der Waals surface area contributed by atoms with Gasteiger partial charge in [0.2, 0.25) is 0 Å². The molecule has 0 radical (unpaired) electrons. The van der Waals surface area contributed by atoms with Gasteiger partial charge in [-0.25, -0.2) is 4.79 Å². The third kappa shape index (κ3) is 4.66. The number of carboxylic acid groups (broad SMARTS) is 1. The summed E-state index contributed by atoms with van der Waals surface area (Å²) < 4.78 is 45.2. The Bertz CT molecular complexity index is 287. The average Bonchev–Trinajstić information content (AvgIpc) is 1.77. The van der Waals surface area contributed by atoms with Crippen LogP contribution in [0.3, 0.4) is 0 Å². The number of hydrogen-bond donors (Lipinski definition) is 3. The molecule has 0 unspecified atom stereocenters. The average molecular weight is 220 g/mol. The lowest BCUT2D eigenvalue weighted by molar-refractivity contribution is -0.144. The van der Waals surface area contributed by atoms with E-state index < -0.39 is 31.1 Å². The van der Waals surface area contributed by atoms with Gasteiger partial charge in [-0.15, -0.1) is 0 Å². The quantitative estimate of drug-likeness (QED) is 0.470. The summed E-state index contributed by atoms with van der Waals surface area (Å²) in [6.45, 7) is 0. The maximum Gasteiger partial charge on any atom is 0.423 e. The van der Waals surface area contributed by atoms with Crippen molar-refractivity contribution in [3.05, 3.63) is 11.4 Å². The first-order chi connectivity index (χ1) is 5.54. The lowest BCUT2D eigenvalue weighted by atomic mass is 10.3. The largest absolute Gasteiger partial charge is 0.478 e. The molecule has 0 spiro atoms. The third-order valence-electron chi connectivity index (χ3n) is 0.833. The Morgan fingerprint density at radius 1 is 1.31 bits per heavy atom. The molecule has 0 aromatic rings. The van der Waals surface area contributed by atoms with Crippen molar-refractivity contribution < 1.29 is 37.4 Å².